The molecule has 0 saturated heterocycles. The molecular formula is C11H5BrClFO2. The van der Waals surface area contributed by atoms with E-state index in [0.717, 1.165) is 0 Å². The summed E-state index contributed by atoms with van der Waals surface area (Å²) in [4.78, 5) is 11.9. The van der Waals surface area contributed by atoms with Gasteiger partial charge in [0.05, 0.1) is 10.6 Å². The number of benzene rings is 1. The van der Waals surface area contributed by atoms with Crippen molar-refractivity contribution in [1.82, 2.24) is 0 Å². The molecule has 0 fully saturated rings. The van der Waals surface area contributed by atoms with Gasteiger partial charge in [-0.2, -0.15) is 0 Å². The third-order valence-corrected chi connectivity index (χ3v) is 2.73. The van der Waals surface area contributed by atoms with Gasteiger partial charge >= 0.3 is 0 Å². The summed E-state index contributed by atoms with van der Waals surface area (Å²) in [6, 6.07) is 7.08. The highest BCUT2D eigenvalue weighted by atomic mass is 79.9. The summed E-state index contributed by atoms with van der Waals surface area (Å²) in [5.41, 5.74) is -0.175. The van der Waals surface area contributed by atoms with Crippen molar-refractivity contribution < 1.29 is 13.6 Å². The molecule has 0 unspecified atom stereocenters. The number of furan rings is 1. The van der Waals surface area contributed by atoms with Gasteiger partial charge in [-0.25, -0.2) is 4.39 Å². The van der Waals surface area contributed by atoms with Crippen LogP contribution in [0.15, 0.2) is 39.4 Å². The molecule has 2 aromatic rings. The minimum Gasteiger partial charge on any atom is -0.446 e. The summed E-state index contributed by atoms with van der Waals surface area (Å²) in [6.07, 6.45) is 0. The molecule has 0 aliphatic rings. The number of ketones is 1. The lowest BCUT2D eigenvalue weighted by Gasteiger charge is -2.02. The van der Waals surface area contributed by atoms with E-state index in [-0.39, 0.29) is 16.3 Å². The van der Waals surface area contributed by atoms with E-state index in [2.05, 4.69) is 15.9 Å². The van der Waals surface area contributed by atoms with Crippen LogP contribution in [0.1, 0.15) is 16.1 Å². The van der Waals surface area contributed by atoms with Crippen molar-refractivity contribution >= 4 is 33.3 Å². The van der Waals surface area contributed by atoms with Crippen LogP contribution in [0.3, 0.4) is 0 Å². The molecule has 0 bridgehead atoms. The Bertz CT molecular complexity index is 530. The van der Waals surface area contributed by atoms with Crippen molar-refractivity contribution in [2.45, 2.75) is 0 Å². The fraction of sp³-hybridized carbons (Fsp3) is 0. The molecule has 0 atom stereocenters. The van der Waals surface area contributed by atoms with Crippen LogP contribution in [0.2, 0.25) is 5.02 Å². The van der Waals surface area contributed by atoms with Crippen LogP contribution in [-0.2, 0) is 0 Å². The molecule has 1 aromatic heterocycles. The molecule has 2 nitrogen and oxygen atoms in total. The third kappa shape index (κ3) is 2.03. The minimum absolute atomic E-state index is 0.0406. The maximum absolute atomic E-state index is 13.4. The first kappa shape index (κ1) is 11.4. The van der Waals surface area contributed by atoms with E-state index in [9.17, 15) is 9.18 Å². The molecule has 2 rings (SSSR count). The number of rotatable bonds is 2. The normalized spacial score (nSPS) is 10.4. The average Bonchev–Trinajstić information content (AvgIpc) is 2.64. The lowest BCUT2D eigenvalue weighted by Crippen LogP contribution is -2.03. The number of halogens is 3. The zero-order valence-electron chi connectivity index (χ0n) is 7.84. The predicted molar refractivity (Wildman–Crippen MR) is 61.3 cm³/mol. The Labute approximate surface area is 104 Å². The van der Waals surface area contributed by atoms with Gasteiger partial charge in [0.25, 0.3) is 0 Å². The van der Waals surface area contributed by atoms with Crippen molar-refractivity contribution in [2.24, 2.45) is 0 Å². The summed E-state index contributed by atoms with van der Waals surface area (Å²) >= 11 is 8.83. The molecule has 0 spiro atoms. The van der Waals surface area contributed by atoms with Crippen LogP contribution in [0.5, 0.6) is 0 Å². The van der Waals surface area contributed by atoms with Crippen LogP contribution in [0.4, 0.5) is 4.39 Å². The second-order valence-electron chi connectivity index (χ2n) is 3.03. The van der Waals surface area contributed by atoms with E-state index < -0.39 is 11.6 Å². The van der Waals surface area contributed by atoms with E-state index in [1.165, 1.54) is 24.3 Å². The quantitative estimate of drug-likeness (QED) is 0.783. The Morgan fingerprint density at radius 2 is 2.06 bits per heavy atom. The largest absolute Gasteiger partial charge is 0.446 e. The molecule has 0 saturated carbocycles. The molecule has 1 heterocycles. The standard InChI is InChI=1S/C11H5BrClFO2/c12-9-5-4-8(16-9)11(15)10-6(13)2-1-3-7(10)14/h1-5H. The zero-order chi connectivity index (χ0) is 11.7. The van der Waals surface area contributed by atoms with E-state index >= 15 is 0 Å². The Hall–Kier alpha value is -1.13. The smallest absolute Gasteiger partial charge is 0.232 e. The van der Waals surface area contributed by atoms with Gasteiger partial charge in [0, 0.05) is 0 Å². The van der Waals surface area contributed by atoms with Gasteiger partial charge in [0.2, 0.25) is 5.78 Å². The van der Waals surface area contributed by atoms with E-state index in [4.69, 9.17) is 16.0 Å². The van der Waals surface area contributed by atoms with Crippen molar-refractivity contribution in [3.05, 3.63) is 57.2 Å². The maximum atomic E-state index is 13.4. The lowest BCUT2D eigenvalue weighted by molar-refractivity contribution is 0.100. The first-order chi connectivity index (χ1) is 7.59. The fourth-order valence-electron chi connectivity index (χ4n) is 1.27. The lowest BCUT2D eigenvalue weighted by atomic mass is 10.1. The highest BCUT2D eigenvalue weighted by molar-refractivity contribution is 9.10. The topological polar surface area (TPSA) is 30.2 Å². The second kappa shape index (κ2) is 4.39. The Morgan fingerprint density at radius 1 is 1.31 bits per heavy atom. The SMILES string of the molecule is O=C(c1ccc(Br)o1)c1c(F)cccc1Cl. The Kier molecular flexibility index (Phi) is 3.12. The molecule has 5 heteroatoms. The summed E-state index contributed by atoms with van der Waals surface area (Å²) in [7, 11) is 0. The summed E-state index contributed by atoms with van der Waals surface area (Å²) in [6.45, 7) is 0. The number of carbonyl (C=O) groups excluding carboxylic acids is 1. The number of carbonyl (C=O) groups is 1. The summed E-state index contributed by atoms with van der Waals surface area (Å²) < 4.78 is 18.9. The number of hydrogen-bond donors (Lipinski definition) is 0. The van der Waals surface area contributed by atoms with Crippen molar-refractivity contribution in [2.75, 3.05) is 0 Å². The predicted octanol–water partition coefficient (Wildman–Crippen LogP) is 4.07. The van der Waals surface area contributed by atoms with Crippen LogP contribution in [0, 0.1) is 5.82 Å². The molecule has 1 aromatic carbocycles. The monoisotopic (exact) mass is 302 g/mol. The van der Waals surface area contributed by atoms with E-state index in [0.29, 0.717) is 4.67 Å². The van der Waals surface area contributed by atoms with Crippen molar-refractivity contribution in [3.63, 3.8) is 0 Å². The van der Waals surface area contributed by atoms with Crippen LogP contribution in [-0.4, -0.2) is 5.78 Å². The highest BCUT2D eigenvalue weighted by Gasteiger charge is 2.20. The van der Waals surface area contributed by atoms with Gasteiger partial charge < -0.3 is 4.42 Å². The molecule has 82 valence electrons. The second-order valence-corrected chi connectivity index (χ2v) is 4.22. The van der Waals surface area contributed by atoms with Crippen LogP contribution in [0.25, 0.3) is 0 Å². The molecule has 0 aliphatic carbocycles. The summed E-state index contributed by atoms with van der Waals surface area (Å²) in [5.74, 6) is -1.20. The van der Waals surface area contributed by atoms with Gasteiger partial charge in [0.15, 0.2) is 10.4 Å². The maximum Gasteiger partial charge on any atom is 0.232 e. The van der Waals surface area contributed by atoms with Gasteiger partial charge in [0.1, 0.15) is 5.82 Å². The molecule has 0 aliphatic heterocycles. The van der Waals surface area contributed by atoms with Gasteiger partial charge in [-0.15, -0.1) is 0 Å². The van der Waals surface area contributed by atoms with Crippen molar-refractivity contribution in [1.29, 1.82) is 0 Å². The first-order valence-electron chi connectivity index (χ1n) is 4.33. The average molecular weight is 304 g/mol. The molecular weight excluding hydrogens is 298 g/mol. The third-order valence-electron chi connectivity index (χ3n) is 1.99. The van der Waals surface area contributed by atoms with Gasteiger partial charge in [-0.05, 0) is 40.2 Å². The van der Waals surface area contributed by atoms with E-state index in [1.807, 2.05) is 0 Å². The number of hydrogen-bond acceptors (Lipinski definition) is 2. The van der Waals surface area contributed by atoms with Crippen LogP contribution < -0.4 is 0 Å². The molecule has 16 heavy (non-hydrogen) atoms. The zero-order valence-corrected chi connectivity index (χ0v) is 10.2. The Balaban J connectivity index is 2.49. The molecule has 0 N–H and O–H groups in total. The summed E-state index contributed by atoms with van der Waals surface area (Å²) in [5, 5.41) is 0.0672. The van der Waals surface area contributed by atoms with E-state index in [1.54, 1.807) is 6.07 Å². The van der Waals surface area contributed by atoms with Crippen LogP contribution >= 0.6 is 27.5 Å². The van der Waals surface area contributed by atoms with Crippen molar-refractivity contribution in [3.8, 4) is 0 Å². The first-order valence-corrected chi connectivity index (χ1v) is 5.50. The molecule has 0 radical (unpaired) electrons. The van der Waals surface area contributed by atoms with Gasteiger partial charge in [-0.3, -0.25) is 4.79 Å². The fourth-order valence-corrected chi connectivity index (χ4v) is 1.83. The highest BCUT2D eigenvalue weighted by Crippen LogP contribution is 2.24. The Morgan fingerprint density at radius 3 is 2.62 bits per heavy atom. The molecule has 0 amide bonds. The minimum atomic E-state index is -0.662. The van der Waals surface area contributed by atoms with Gasteiger partial charge in [-0.1, -0.05) is 17.7 Å².